The van der Waals surface area contributed by atoms with E-state index < -0.39 is 0 Å². The van der Waals surface area contributed by atoms with Crippen molar-refractivity contribution in [1.82, 2.24) is 0 Å². The Morgan fingerprint density at radius 3 is 1.59 bits per heavy atom. The molecule has 0 spiro atoms. The summed E-state index contributed by atoms with van der Waals surface area (Å²) in [6.45, 7) is 9.26. The number of hydrogen-bond donors (Lipinski definition) is 2. The third-order valence-electron chi connectivity index (χ3n) is 5.80. The van der Waals surface area contributed by atoms with Gasteiger partial charge in [0.05, 0.1) is 0 Å². The van der Waals surface area contributed by atoms with Gasteiger partial charge >= 0.3 is 0 Å². The monoisotopic (exact) mass is 406 g/mol. The van der Waals surface area contributed by atoms with E-state index in [9.17, 15) is 5.11 Å². The van der Waals surface area contributed by atoms with Gasteiger partial charge in [-0.2, -0.15) is 0 Å². The van der Waals surface area contributed by atoms with E-state index in [0.29, 0.717) is 12.4 Å². The molecule has 0 unspecified atom stereocenters. The average Bonchev–Trinajstić information content (AvgIpc) is 2.70. The highest BCUT2D eigenvalue weighted by Gasteiger charge is 2.22. The molecule has 2 N–H and O–H groups in total. The van der Waals surface area contributed by atoms with Crippen molar-refractivity contribution in [3.8, 4) is 5.75 Å². The van der Waals surface area contributed by atoms with Crippen LogP contribution in [-0.2, 0) is 5.41 Å². The van der Waals surface area contributed by atoms with Crippen molar-refractivity contribution in [2.24, 2.45) is 0 Å². The lowest BCUT2D eigenvalue weighted by Gasteiger charge is -2.26. The van der Waals surface area contributed by atoms with Crippen LogP contribution in [0.4, 0.5) is 0 Å². The van der Waals surface area contributed by atoms with Gasteiger partial charge in [-0.05, 0) is 29.9 Å². The Balaban J connectivity index is 0.000000543. The molecule has 170 valence electrons. The van der Waals surface area contributed by atoms with Gasteiger partial charge in [-0.25, -0.2) is 0 Å². The highest BCUT2D eigenvalue weighted by atomic mass is 16.3. The molecular weight excluding hydrogens is 356 g/mol. The predicted octanol–water partition coefficient (Wildman–Crippen LogP) is 8.54. The van der Waals surface area contributed by atoms with Crippen LogP contribution in [0.3, 0.4) is 0 Å². The second-order valence-corrected chi connectivity index (χ2v) is 9.12. The predicted molar refractivity (Wildman–Crippen MR) is 129 cm³/mol. The molecule has 0 radical (unpaired) electrons. The van der Waals surface area contributed by atoms with Crippen LogP contribution in [-0.4, -0.2) is 16.8 Å². The Kier molecular flexibility index (Phi) is 18.3. The molecule has 0 atom stereocenters. The first-order valence-corrected chi connectivity index (χ1v) is 12.4. The minimum absolute atomic E-state index is 0.0838. The fraction of sp³-hybridized carbons (Fsp3) is 0.778. The molecule has 1 aromatic carbocycles. The van der Waals surface area contributed by atoms with E-state index in [2.05, 4.69) is 27.7 Å². The zero-order valence-corrected chi connectivity index (χ0v) is 20.0. The first-order chi connectivity index (χ1) is 14.0. The second kappa shape index (κ2) is 19.0. The molecule has 2 heteroatoms. The first-order valence-electron chi connectivity index (χ1n) is 12.4. The van der Waals surface area contributed by atoms with Gasteiger partial charge in [-0.1, -0.05) is 129 Å². The number of rotatable bonds is 16. The van der Waals surface area contributed by atoms with Crippen molar-refractivity contribution in [3.63, 3.8) is 0 Å². The summed E-state index contributed by atoms with van der Waals surface area (Å²) in [5.41, 5.74) is 1.15. The van der Waals surface area contributed by atoms with Crippen molar-refractivity contribution >= 4 is 0 Å². The standard InChI is InChI=1S/C14H22O.C13H28O/c1-4-5-8-11-14(2,3)12-9-6-7-10-13(12)15;1-2-3-4-5-6-7-8-9-10-11-12-13-14/h6-7,9-10,15H,4-5,8,11H2,1-3H3;14H,2-13H2,1H3. The summed E-state index contributed by atoms with van der Waals surface area (Å²) in [5, 5.41) is 18.4. The van der Waals surface area contributed by atoms with Crippen LogP contribution in [0.2, 0.25) is 0 Å². The van der Waals surface area contributed by atoms with E-state index in [4.69, 9.17) is 5.11 Å². The van der Waals surface area contributed by atoms with Gasteiger partial charge < -0.3 is 10.2 Å². The summed E-state index contributed by atoms with van der Waals surface area (Å²) in [4.78, 5) is 0. The molecule has 0 amide bonds. The summed E-state index contributed by atoms with van der Waals surface area (Å²) in [6, 6.07) is 7.68. The molecule has 1 aromatic rings. The van der Waals surface area contributed by atoms with Crippen molar-refractivity contribution in [1.29, 1.82) is 0 Å². The molecule has 0 aliphatic carbocycles. The van der Waals surface area contributed by atoms with E-state index in [-0.39, 0.29) is 5.41 Å². The largest absolute Gasteiger partial charge is 0.508 e. The molecule has 0 aliphatic rings. The van der Waals surface area contributed by atoms with Crippen LogP contribution in [0.5, 0.6) is 5.75 Å². The van der Waals surface area contributed by atoms with Crippen molar-refractivity contribution < 1.29 is 10.2 Å². The molecule has 0 aliphatic heterocycles. The number of aromatic hydroxyl groups is 1. The van der Waals surface area contributed by atoms with Gasteiger partial charge in [-0.15, -0.1) is 0 Å². The van der Waals surface area contributed by atoms with Crippen molar-refractivity contribution in [3.05, 3.63) is 29.8 Å². The van der Waals surface area contributed by atoms with Crippen LogP contribution < -0.4 is 0 Å². The highest BCUT2D eigenvalue weighted by molar-refractivity contribution is 5.37. The van der Waals surface area contributed by atoms with E-state index in [0.717, 1.165) is 18.4 Å². The van der Waals surface area contributed by atoms with Crippen LogP contribution in [0.1, 0.15) is 130 Å². The Labute approximate surface area is 182 Å². The van der Waals surface area contributed by atoms with Gasteiger partial charge in [0, 0.05) is 6.61 Å². The third kappa shape index (κ3) is 15.5. The number of para-hydroxylation sites is 1. The molecule has 0 aromatic heterocycles. The number of aliphatic hydroxyl groups excluding tert-OH is 1. The summed E-state index contributed by atoms with van der Waals surface area (Å²) >= 11 is 0. The number of hydrogen-bond acceptors (Lipinski definition) is 2. The van der Waals surface area contributed by atoms with E-state index >= 15 is 0 Å². The summed E-state index contributed by atoms with van der Waals surface area (Å²) < 4.78 is 0. The number of benzene rings is 1. The van der Waals surface area contributed by atoms with Crippen molar-refractivity contribution in [2.75, 3.05) is 6.61 Å². The van der Waals surface area contributed by atoms with Crippen molar-refractivity contribution in [2.45, 2.75) is 129 Å². The molecular formula is C27H50O2. The van der Waals surface area contributed by atoms with Gasteiger partial charge in [-0.3, -0.25) is 0 Å². The van der Waals surface area contributed by atoms with Gasteiger partial charge in [0.1, 0.15) is 5.75 Å². The Hall–Kier alpha value is -1.02. The Morgan fingerprint density at radius 1 is 0.655 bits per heavy atom. The summed E-state index contributed by atoms with van der Waals surface area (Å²) in [6.07, 6.45) is 19.7. The minimum atomic E-state index is 0.0838. The van der Waals surface area contributed by atoms with Gasteiger partial charge in [0.25, 0.3) is 0 Å². The molecule has 0 fully saturated rings. The average molecular weight is 407 g/mol. The van der Waals surface area contributed by atoms with Crippen LogP contribution >= 0.6 is 0 Å². The molecule has 1 rings (SSSR count). The lowest BCUT2D eigenvalue weighted by molar-refractivity contribution is 0.282. The maximum atomic E-state index is 9.80. The normalized spacial score (nSPS) is 11.2. The fourth-order valence-corrected chi connectivity index (χ4v) is 3.77. The maximum absolute atomic E-state index is 9.80. The molecule has 2 nitrogen and oxygen atoms in total. The molecule has 0 bridgehead atoms. The Morgan fingerprint density at radius 2 is 1.10 bits per heavy atom. The smallest absolute Gasteiger partial charge is 0.119 e. The zero-order chi connectivity index (χ0) is 21.8. The molecule has 0 heterocycles. The summed E-state index contributed by atoms with van der Waals surface area (Å²) in [7, 11) is 0. The van der Waals surface area contributed by atoms with Gasteiger partial charge in [0.2, 0.25) is 0 Å². The van der Waals surface area contributed by atoms with Gasteiger partial charge in [0.15, 0.2) is 0 Å². The number of phenolic OH excluding ortho intramolecular Hbond substituents is 1. The minimum Gasteiger partial charge on any atom is -0.508 e. The Bertz CT molecular complexity index is 455. The first kappa shape index (κ1) is 28.0. The topological polar surface area (TPSA) is 40.5 Å². The lowest BCUT2D eigenvalue weighted by atomic mass is 9.79. The maximum Gasteiger partial charge on any atom is 0.119 e. The van der Waals surface area contributed by atoms with E-state index in [1.807, 2.05) is 18.2 Å². The summed E-state index contributed by atoms with van der Waals surface area (Å²) in [5.74, 6) is 0.430. The number of aliphatic hydroxyl groups is 1. The fourth-order valence-electron chi connectivity index (χ4n) is 3.77. The highest BCUT2D eigenvalue weighted by Crippen LogP contribution is 2.34. The second-order valence-electron chi connectivity index (χ2n) is 9.12. The van der Waals surface area contributed by atoms with Crippen LogP contribution in [0.25, 0.3) is 0 Å². The lowest BCUT2D eigenvalue weighted by Crippen LogP contribution is -2.17. The number of unbranched alkanes of at least 4 members (excludes halogenated alkanes) is 12. The molecule has 29 heavy (non-hydrogen) atoms. The van der Waals surface area contributed by atoms with E-state index in [1.165, 1.54) is 83.5 Å². The molecule has 0 saturated heterocycles. The third-order valence-corrected chi connectivity index (χ3v) is 5.80. The molecule has 0 saturated carbocycles. The SMILES string of the molecule is CCCCCC(C)(C)c1ccccc1O.CCCCCCCCCCCCCO. The van der Waals surface area contributed by atoms with Crippen LogP contribution in [0, 0.1) is 0 Å². The zero-order valence-electron chi connectivity index (χ0n) is 20.0. The number of phenols is 1. The van der Waals surface area contributed by atoms with E-state index in [1.54, 1.807) is 6.07 Å². The quantitative estimate of drug-likeness (QED) is 0.270. The van der Waals surface area contributed by atoms with Crippen LogP contribution in [0.15, 0.2) is 24.3 Å².